The minimum absolute atomic E-state index is 0.0635. The highest BCUT2D eigenvalue weighted by atomic mass is 35.5. The minimum Gasteiger partial charge on any atom is -0.493 e. The van der Waals surface area contributed by atoms with Crippen LogP contribution >= 0.6 is 11.6 Å². The van der Waals surface area contributed by atoms with Gasteiger partial charge < -0.3 is 14.0 Å². The highest BCUT2D eigenvalue weighted by molar-refractivity contribution is 6.32. The van der Waals surface area contributed by atoms with Crippen LogP contribution in [0.15, 0.2) is 16.7 Å². The van der Waals surface area contributed by atoms with Gasteiger partial charge in [-0.1, -0.05) is 16.8 Å². The Balaban J connectivity index is 2.44. The molecule has 1 aromatic heterocycles. The zero-order valence-corrected chi connectivity index (χ0v) is 11.1. The van der Waals surface area contributed by atoms with Crippen LogP contribution in [-0.2, 0) is 6.42 Å². The number of nitrogens with zero attached hydrogens (tertiary/aromatic N) is 3. The molecule has 1 heterocycles. The second-order valence-corrected chi connectivity index (χ2v) is 3.95. The van der Waals surface area contributed by atoms with E-state index in [2.05, 4.69) is 10.1 Å². The molecule has 0 aliphatic heterocycles. The molecule has 19 heavy (non-hydrogen) atoms. The SMILES string of the molecule is COc1cc(-c2noc(CC#N)n2)cc(Cl)c1OC. The van der Waals surface area contributed by atoms with Crippen molar-refractivity contribution in [2.24, 2.45) is 0 Å². The summed E-state index contributed by atoms with van der Waals surface area (Å²) in [6.45, 7) is 0. The third-order valence-corrected chi connectivity index (χ3v) is 2.67. The summed E-state index contributed by atoms with van der Waals surface area (Å²) < 4.78 is 15.3. The zero-order chi connectivity index (χ0) is 13.8. The molecule has 0 unspecified atom stereocenters. The van der Waals surface area contributed by atoms with Crippen LogP contribution in [0.25, 0.3) is 11.4 Å². The van der Waals surface area contributed by atoms with Crippen molar-refractivity contribution in [2.45, 2.75) is 6.42 Å². The summed E-state index contributed by atoms with van der Waals surface area (Å²) in [6.07, 6.45) is 0.0635. The Bertz CT molecular complexity index is 634. The first-order chi connectivity index (χ1) is 9.19. The van der Waals surface area contributed by atoms with E-state index >= 15 is 0 Å². The predicted octanol–water partition coefficient (Wildman–Crippen LogP) is 2.47. The summed E-state index contributed by atoms with van der Waals surface area (Å²) in [5, 5.41) is 12.7. The van der Waals surface area contributed by atoms with Crippen molar-refractivity contribution in [2.75, 3.05) is 14.2 Å². The summed E-state index contributed by atoms with van der Waals surface area (Å²) >= 11 is 6.09. The lowest BCUT2D eigenvalue weighted by molar-refractivity contribution is 0.355. The lowest BCUT2D eigenvalue weighted by Crippen LogP contribution is -1.93. The van der Waals surface area contributed by atoms with E-state index in [0.717, 1.165) is 0 Å². The van der Waals surface area contributed by atoms with Crippen molar-refractivity contribution in [3.63, 3.8) is 0 Å². The molecule has 0 bridgehead atoms. The second kappa shape index (κ2) is 5.59. The van der Waals surface area contributed by atoms with Gasteiger partial charge in [0.1, 0.15) is 6.42 Å². The molecule has 0 fully saturated rings. The molecule has 98 valence electrons. The third kappa shape index (κ3) is 2.61. The third-order valence-electron chi connectivity index (χ3n) is 2.39. The minimum atomic E-state index is 0.0635. The van der Waals surface area contributed by atoms with Gasteiger partial charge in [0.2, 0.25) is 11.7 Å². The van der Waals surface area contributed by atoms with Crippen molar-refractivity contribution >= 4 is 11.6 Å². The van der Waals surface area contributed by atoms with Gasteiger partial charge in [-0.2, -0.15) is 10.2 Å². The monoisotopic (exact) mass is 279 g/mol. The summed E-state index contributed by atoms with van der Waals surface area (Å²) in [4.78, 5) is 4.09. The summed E-state index contributed by atoms with van der Waals surface area (Å²) in [5.41, 5.74) is 0.621. The number of halogens is 1. The number of ether oxygens (including phenoxy) is 2. The Labute approximate surface area is 114 Å². The molecule has 0 radical (unpaired) electrons. The summed E-state index contributed by atoms with van der Waals surface area (Å²) in [5.74, 6) is 1.50. The molecule has 0 aliphatic rings. The first-order valence-corrected chi connectivity index (χ1v) is 5.68. The number of nitriles is 1. The number of hydrogen-bond donors (Lipinski definition) is 0. The maximum absolute atomic E-state index is 8.56. The van der Waals surface area contributed by atoms with Gasteiger partial charge in [0, 0.05) is 5.56 Å². The standard InChI is InChI=1S/C12H10ClN3O3/c1-17-9-6-7(5-8(13)11(9)18-2)12-15-10(3-4-14)19-16-12/h5-6H,3H2,1-2H3. The molecule has 7 heteroatoms. The van der Waals surface area contributed by atoms with Crippen LogP contribution in [0.3, 0.4) is 0 Å². The molecule has 0 saturated heterocycles. The molecular formula is C12H10ClN3O3. The fourth-order valence-corrected chi connectivity index (χ4v) is 1.85. The van der Waals surface area contributed by atoms with E-state index in [9.17, 15) is 0 Å². The van der Waals surface area contributed by atoms with Gasteiger partial charge in [0.05, 0.1) is 25.3 Å². The summed E-state index contributed by atoms with van der Waals surface area (Å²) in [6, 6.07) is 5.26. The number of aromatic nitrogens is 2. The van der Waals surface area contributed by atoms with Crippen LogP contribution in [0.5, 0.6) is 11.5 Å². The van der Waals surface area contributed by atoms with Gasteiger partial charge in [-0.25, -0.2) is 0 Å². The Hall–Kier alpha value is -2.26. The fraction of sp³-hybridized carbons (Fsp3) is 0.250. The van der Waals surface area contributed by atoms with Crippen LogP contribution in [-0.4, -0.2) is 24.4 Å². The Morgan fingerprint density at radius 1 is 1.37 bits per heavy atom. The van der Waals surface area contributed by atoms with E-state index in [1.165, 1.54) is 14.2 Å². The van der Waals surface area contributed by atoms with E-state index in [1.54, 1.807) is 12.1 Å². The van der Waals surface area contributed by atoms with Gasteiger partial charge in [-0.15, -0.1) is 0 Å². The number of hydrogen-bond acceptors (Lipinski definition) is 6. The number of rotatable bonds is 4. The molecule has 2 aromatic rings. The Morgan fingerprint density at radius 2 is 2.16 bits per heavy atom. The maximum Gasteiger partial charge on any atom is 0.241 e. The van der Waals surface area contributed by atoms with E-state index < -0.39 is 0 Å². The Kier molecular flexibility index (Phi) is 3.88. The van der Waals surface area contributed by atoms with Gasteiger partial charge >= 0.3 is 0 Å². The van der Waals surface area contributed by atoms with E-state index in [-0.39, 0.29) is 12.3 Å². The molecule has 0 aliphatic carbocycles. The molecule has 0 spiro atoms. The molecule has 0 N–H and O–H groups in total. The molecule has 0 atom stereocenters. The first kappa shape index (κ1) is 13.2. The summed E-state index contributed by atoms with van der Waals surface area (Å²) in [7, 11) is 3.01. The smallest absolute Gasteiger partial charge is 0.241 e. The van der Waals surface area contributed by atoms with Crippen molar-refractivity contribution in [1.82, 2.24) is 10.1 Å². The molecule has 0 amide bonds. The van der Waals surface area contributed by atoms with Crippen molar-refractivity contribution in [1.29, 1.82) is 5.26 Å². The topological polar surface area (TPSA) is 81.2 Å². The first-order valence-electron chi connectivity index (χ1n) is 5.31. The maximum atomic E-state index is 8.56. The average molecular weight is 280 g/mol. The van der Waals surface area contributed by atoms with Gasteiger partial charge in [0.15, 0.2) is 11.5 Å². The molecular weight excluding hydrogens is 270 g/mol. The fourth-order valence-electron chi connectivity index (χ4n) is 1.56. The predicted molar refractivity (Wildman–Crippen MR) is 67.2 cm³/mol. The number of methoxy groups -OCH3 is 2. The van der Waals surface area contributed by atoms with Crippen LogP contribution in [0.1, 0.15) is 5.89 Å². The van der Waals surface area contributed by atoms with Crippen molar-refractivity contribution in [3.8, 4) is 29.0 Å². The lowest BCUT2D eigenvalue weighted by atomic mass is 10.2. The van der Waals surface area contributed by atoms with Crippen molar-refractivity contribution < 1.29 is 14.0 Å². The normalized spacial score (nSPS) is 10.0. The van der Waals surface area contributed by atoms with E-state index in [4.69, 9.17) is 30.9 Å². The van der Waals surface area contributed by atoms with Crippen molar-refractivity contribution in [3.05, 3.63) is 23.0 Å². The molecule has 6 nitrogen and oxygen atoms in total. The van der Waals surface area contributed by atoms with Crippen LogP contribution < -0.4 is 9.47 Å². The molecule has 0 saturated carbocycles. The molecule has 2 rings (SSSR count). The van der Waals surface area contributed by atoms with Crippen LogP contribution in [0.4, 0.5) is 0 Å². The quantitative estimate of drug-likeness (QED) is 0.855. The second-order valence-electron chi connectivity index (χ2n) is 3.54. The van der Waals surface area contributed by atoms with E-state index in [1.807, 2.05) is 6.07 Å². The highest BCUT2D eigenvalue weighted by Crippen LogP contribution is 2.38. The van der Waals surface area contributed by atoms with Gasteiger partial charge in [-0.3, -0.25) is 0 Å². The van der Waals surface area contributed by atoms with Crippen LogP contribution in [0, 0.1) is 11.3 Å². The zero-order valence-electron chi connectivity index (χ0n) is 10.3. The van der Waals surface area contributed by atoms with Gasteiger partial charge in [0.25, 0.3) is 0 Å². The lowest BCUT2D eigenvalue weighted by Gasteiger charge is -2.10. The van der Waals surface area contributed by atoms with Gasteiger partial charge in [-0.05, 0) is 12.1 Å². The highest BCUT2D eigenvalue weighted by Gasteiger charge is 2.15. The van der Waals surface area contributed by atoms with Crippen LogP contribution in [0.2, 0.25) is 5.02 Å². The largest absolute Gasteiger partial charge is 0.493 e. The Morgan fingerprint density at radius 3 is 2.79 bits per heavy atom. The number of benzene rings is 1. The average Bonchev–Trinajstić information content (AvgIpc) is 2.86. The van der Waals surface area contributed by atoms with E-state index in [0.29, 0.717) is 27.9 Å². The molecule has 1 aromatic carbocycles.